The molecule has 2 amide bonds. The number of benzene rings is 2. The number of carbonyl (C=O) groups excluding carboxylic acids is 2. The molecule has 12 heteroatoms. The van der Waals surface area contributed by atoms with Crippen molar-refractivity contribution >= 4 is 75.8 Å². The van der Waals surface area contributed by atoms with Gasteiger partial charge >= 0.3 is 11.9 Å². The maximum absolute atomic E-state index is 12.1. The number of nitrogens with one attached hydrogen (secondary N) is 1. The summed E-state index contributed by atoms with van der Waals surface area (Å²) in [5.74, 6) is -3.96. The van der Waals surface area contributed by atoms with Crippen LogP contribution in [0.2, 0.25) is 20.1 Å². The zero-order chi connectivity index (χ0) is 24.9. The molecule has 0 aromatic heterocycles. The van der Waals surface area contributed by atoms with Crippen LogP contribution in [0.4, 0.5) is 5.69 Å². The van der Waals surface area contributed by atoms with Gasteiger partial charge in [-0.05, 0) is 18.6 Å². The van der Waals surface area contributed by atoms with E-state index in [9.17, 15) is 19.2 Å². The molecule has 0 bridgehead atoms. The molecular weight excluding hydrogens is 518 g/mol. The van der Waals surface area contributed by atoms with Crippen LogP contribution in [0.3, 0.4) is 0 Å². The predicted octanol–water partition coefficient (Wildman–Crippen LogP) is 5.57. The van der Waals surface area contributed by atoms with Crippen LogP contribution in [0.5, 0.6) is 0 Å². The molecule has 3 N–H and O–H groups in total. The number of nitrogens with zero attached hydrogens (tertiary/aromatic N) is 1. The topological polar surface area (TPSA) is 124 Å². The van der Waals surface area contributed by atoms with Crippen LogP contribution < -0.4 is 10.4 Å². The molecule has 0 radical (unpaired) electrons. The summed E-state index contributed by atoms with van der Waals surface area (Å²) in [7, 11) is 0. The first-order valence-electron chi connectivity index (χ1n) is 9.54. The quantitative estimate of drug-likeness (QED) is 0.252. The summed E-state index contributed by atoms with van der Waals surface area (Å²) in [4.78, 5) is 45.5. The molecule has 8 nitrogen and oxygen atoms in total. The number of hydrazine groups is 1. The van der Waals surface area contributed by atoms with Crippen molar-refractivity contribution in [2.24, 2.45) is 5.92 Å². The number of amides is 2. The van der Waals surface area contributed by atoms with Gasteiger partial charge in [-0.25, -0.2) is 14.6 Å². The molecule has 0 aliphatic carbocycles. The minimum atomic E-state index is -1.55. The number of rotatable bonds is 6. The second-order valence-electron chi connectivity index (χ2n) is 6.80. The number of hydrogen-bond donors (Lipinski definition) is 3. The standard InChI is InChI=1S/C13H16N2O2.C8H2Cl4O4/c1-2-3-9-11-12(16)14-15(13(11)17)10-7-5-4-6-8-10;9-3-1(7(13)14)2(8(15)16)4(10)6(12)5(3)11/h4-8,11H,2-3,9H2,1H3,(H,14,16);(H,13,14)(H,15,16). The van der Waals surface area contributed by atoms with E-state index >= 15 is 0 Å². The smallest absolute Gasteiger partial charge is 0.338 e. The Hall–Kier alpha value is -2.52. The van der Waals surface area contributed by atoms with E-state index in [-0.39, 0.29) is 21.9 Å². The number of halogens is 4. The minimum absolute atomic E-state index is 0.144. The number of unbranched alkanes of at least 4 members (excludes halogenated alkanes) is 1. The van der Waals surface area contributed by atoms with Crippen molar-refractivity contribution < 1.29 is 29.4 Å². The van der Waals surface area contributed by atoms with Crippen LogP contribution in [0.25, 0.3) is 0 Å². The van der Waals surface area contributed by atoms with Crippen molar-refractivity contribution in [3.8, 4) is 0 Å². The lowest BCUT2D eigenvalue weighted by Gasteiger charge is -2.14. The Morgan fingerprint density at radius 2 is 1.39 bits per heavy atom. The Balaban J connectivity index is 0.000000234. The molecule has 2 aromatic rings. The minimum Gasteiger partial charge on any atom is -0.478 e. The summed E-state index contributed by atoms with van der Waals surface area (Å²) < 4.78 is 0. The van der Waals surface area contributed by atoms with Crippen molar-refractivity contribution in [3.05, 3.63) is 61.5 Å². The molecule has 2 aromatic carbocycles. The molecule has 176 valence electrons. The molecule has 1 unspecified atom stereocenters. The third kappa shape index (κ3) is 5.89. The summed E-state index contributed by atoms with van der Waals surface area (Å²) in [6, 6.07) is 9.17. The number of para-hydroxylation sites is 1. The molecule has 1 heterocycles. The highest BCUT2D eigenvalue weighted by Gasteiger charge is 2.39. The predicted molar refractivity (Wildman–Crippen MR) is 125 cm³/mol. The Kier molecular flexibility index (Phi) is 9.36. The number of carbonyl (C=O) groups is 4. The average molecular weight is 536 g/mol. The maximum Gasteiger partial charge on any atom is 0.338 e. The Morgan fingerprint density at radius 1 is 0.909 bits per heavy atom. The summed E-state index contributed by atoms with van der Waals surface area (Å²) in [5.41, 5.74) is 1.96. The normalized spacial score (nSPS) is 15.1. The first-order valence-corrected chi connectivity index (χ1v) is 11.1. The summed E-state index contributed by atoms with van der Waals surface area (Å²) in [5, 5.41) is 17.5. The van der Waals surface area contributed by atoms with Gasteiger partial charge in [0, 0.05) is 0 Å². The summed E-state index contributed by atoms with van der Waals surface area (Å²) >= 11 is 22.4. The van der Waals surface area contributed by atoms with Crippen molar-refractivity contribution in [2.45, 2.75) is 26.2 Å². The lowest BCUT2D eigenvalue weighted by Crippen LogP contribution is -2.35. The zero-order valence-corrected chi connectivity index (χ0v) is 20.1. The van der Waals surface area contributed by atoms with Gasteiger partial charge in [0.1, 0.15) is 5.92 Å². The zero-order valence-electron chi connectivity index (χ0n) is 17.1. The van der Waals surface area contributed by atoms with Crippen molar-refractivity contribution in [1.29, 1.82) is 0 Å². The van der Waals surface area contributed by atoms with Crippen molar-refractivity contribution in [3.63, 3.8) is 0 Å². The van der Waals surface area contributed by atoms with Crippen molar-refractivity contribution in [2.75, 3.05) is 5.01 Å². The van der Waals surface area contributed by atoms with Gasteiger partial charge in [-0.15, -0.1) is 0 Å². The van der Waals surface area contributed by atoms with Gasteiger partial charge in [0.2, 0.25) is 0 Å². The van der Waals surface area contributed by atoms with E-state index < -0.39 is 39.0 Å². The van der Waals surface area contributed by atoms with E-state index in [1.807, 2.05) is 25.1 Å². The lowest BCUT2D eigenvalue weighted by atomic mass is 10.0. The highest BCUT2D eigenvalue weighted by molar-refractivity contribution is 6.54. The first kappa shape index (κ1) is 26.7. The highest BCUT2D eigenvalue weighted by atomic mass is 35.5. The largest absolute Gasteiger partial charge is 0.478 e. The molecule has 1 aliphatic rings. The van der Waals surface area contributed by atoms with E-state index in [4.69, 9.17) is 56.6 Å². The molecular formula is C21H18Cl4N2O6. The molecule has 33 heavy (non-hydrogen) atoms. The SMILES string of the molecule is CCCCC1C(=O)NN(c2ccccc2)C1=O.O=C(O)c1c(Cl)c(Cl)c(Cl)c(Cl)c1C(=O)O. The molecule has 0 spiro atoms. The van der Waals surface area contributed by atoms with Gasteiger partial charge in [0.05, 0.1) is 36.9 Å². The molecule has 1 saturated heterocycles. The average Bonchev–Trinajstić information content (AvgIpc) is 3.06. The van der Waals surface area contributed by atoms with Gasteiger partial charge in [0.15, 0.2) is 0 Å². The van der Waals surface area contributed by atoms with Gasteiger partial charge in [-0.3, -0.25) is 15.0 Å². The number of aromatic carboxylic acids is 2. The Morgan fingerprint density at radius 3 is 1.82 bits per heavy atom. The number of anilines is 1. The lowest BCUT2D eigenvalue weighted by molar-refractivity contribution is -0.127. The Bertz CT molecular complexity index is 1050. The van der Waals surface area contributed by atoms with Crippen LogP contribution >= 0.6 is 46.4 Å². The van der Waals surface area contributed by atoms with Crippen LogP contribution in [0.1, 0.15) is 46.9 Å². The van der Waals surface area contributed by atoms with Gasteiger partial charge in [0.25, 0.3) is 11.8 Å². The maximum atomic E-state index is 12.1. The third-order valence-electron chi connectivity index (χ3n) is 4.61. The fourth-order valence-electron chi connectivity index (χ4n) is 2.98. The molecule has 3 rings (SSSR count). The highest BCUT2D eigenvalue weighted by Crippen LogP contribution is 2.41. The first-order chi connectivity index (χ1) is 15.5. The summed E-state index contributed by atoms with van der Waals surface area (Å²) in [6.45, 7) is 2.05. The Labute approximate surface area is 209 Å². The third-order valence-corrected chi connectivity index (χ3v) is 6.41. The van der Waals surface area contributed by atoms with E-state index in [2.05, 4.69) is 5.43 Å². The van der Waals surface area contributed by atoms with Gasteiger partial charge in [-0.1, -0.05) is 84.4 Å². The monoisotopic (exact) mass is 534 g/mol. The van der Waals surface area contributed by atoms with E-state index in [0.29, 0.717) is 12.1 Å². The molecule has 0 saturated carbocycles. The fraction of sp³-hybridized carbons (Fsp3) is 0.238. The van der Waals surface area contributed by atoms with E-state index in [0.717, 1.165) is 12.8 Å². The molecule has 1 atom stereocenters. The van der Waals surface area contributed by atoms with Crippen LogP contribution in [0, 0.1) is 5.92 Å². The number of hydrogen-bond acceptors (Lipinski definition) is 4. The van der Waals surface area contributed by atoms with Crippen molar-refractivity contribution in [1.82, 2.24) is 5.43 Å². The molecule has 1 aliphatic heterocycles. The summed E-state index contributed by atoms with van der Waals surface area (Å²) in [6.07, 6.45) is 2.51. The second-order valence-corrected chi connectivity index (χ2v) is 8.31. The number of carboxylic acid groups (broad SMARTS) is 2. The van der Waals surface area contributed by atoms with E-state index in [1.165, 1.54) is 5.01 Å². The van der Waals surface area contributed by atoms with E-state index in [1.54, 1.807) is 12.1 Å². The van der Waals surface area contributed by atoms with Gasteiger partial charge in [-0.2, -0.15) is 0 Å². The van der Waals surface area contributed by atoms with Crippen LogP contribution in [-0.2, 0) is 9.59 Å². The molecule has 1 fully saturated rings. The van der Waals surface area contributed by atoms with Gasteiger partial charge < -0.3 is 10.2 Å². The second kappa shape index (κ2) is 11.6. The fourth-order valence-corrected chi connectivity index (χ4v) is 3.99. The van der Waals surface area contributed by atoms with Crippen LogP contribution in [0.15, 0.2) is 30.3 Å². The van der Waals surface area contributed by atoms with Crippen LogP contribution in [-0.4, -0.2) is 34.0 Å². The number of carboxylic acids is 2.